The Morgan fingerprint density at radius 1 is 1.21 bits per heavy atom. The zero-order valence-electron chi connectivity index (χ0n) is 19.3. The predicted octanol–water partition coefficient (Wildman–Crippen LogP) is 5.23. The molecule has 0 spiro atoms. The van der Waals surface area contributed by atoms with Gasteiger partial charge in [0.05, 0.1) is 38.5 Å². The predicted molar refractivity (Wildman–Crippen MR) is 137 cm³/mol. The van der Waals surface area contributed by atoms with Crippen molar-refractivity contribution in [2.24, 2.45) is 4.99 Å². The van der Waals surface area contributed by atoms with Crippen LogP contribution >= 0.6 is 34.5 Å². The number of hydrogen-bond acceptors (Lipinski definition) is 5. The van der Waals surface area contributed by atoms with Crippen molar-refractivity contribution >= 4 is 46.6 Å². The lowest BCUT2D eigenvalue weighted by Gasteiger charge is -2.25. The molecule has 0 bridgehead atoms. The molecule has 5 nitrogen and oxygen atoms in total. The molecule has 1 aliphatic rings. The van der Waals surface area contributed by atoms with Crippen molar-refractivity contribution in [1.82, 2.24) is 4.57 Å². The number of halogens is 2. The largest absolute Gasteiger partial charge is 0.463 e. The van der Waals surface area contributed by atoms with E-state index in [9.17, 15) is 9.59 Å². The van der Waals surface area contributed by atoms with Crippen LogP contribution in [-0.4, -0.2) is 17.1 Å². The van der Waals surface area contributed by atoms with E-state index in [0.717, 1.165) is 5.56 Å². The van der Waals surface area contributed by atoms with E-state index in [-0.39, 0.29) is 12.2 Å². The summed E-state index contributed by atoms with van der Waals surface area (Å²) in [4.78, 5) is 31.7. The topological polar surface area (TPSA) is 60.7 Å². The molecule has 34 heavy (non-hydrogen) atoms. The van der Waals surface area contributed by atoms with Gasteiger partial charge in [0.15, 0.2) is 4.80 Å². The first kappa shape index (κ1) is 24.5. The second-order valence-corrected chi connectivity index (χ2v) is 10.1. The van der Waals surface area contributed by atoms with Gasteiger partial charge in [0.25, 0.3) is 5.56 Å². The molecule has 3 aromatic rings. The molecule has 0 saturated heterocycles. The van der Waals surface area contributed by atoms with Gasteiger partial charge in [-0.2, -0.15) is 0 Å². The maximum atomic E-state index is 13.6. The molecule has 176 valence electrons. The van der Waals surface area contributed by atoms with Gasteiger partial charge in [-0.25, -0.2) is 9.79 Å². The van der Waals surface area contributed by atoms with Crippen LogP contribution in [-0.2, 0) is 9.53 Å². The van der Waals surface area contributed by atoms with Crippen LogP contribution in [0.4, 0.5) is 0 Å². The Morgan fingerprint density at radius 3 is 2.56 bits per heavy atom. The van der Waals surface area contributed by atoms with Crippen molar-refractivity contribution in [3.8, 4) is 0 Å². The van der Waals surface area contributed by atoms with E-state index in [1.165, 1.54) is 16.9 Å². The van der Waals surface area contributed by atoms with Crippen molar-refractivity contribution in [3.63, 3.8) is 0 Å². The number of carbonyl (C=O) groups excluding carboxylic acids is 1. The second-order valence-electron chi connectivity index (χ2n) is 8.27. The summed E-state index contributed by atoms with van der Waals surface area (Å²) in [5.41, 5.74) is 3.26. The quantitative estimate of drug-likeness (QED) is 0.438. The molecule has 0 fully saturated rings. The smallest absolute Gasteiger partial charge is 0.338 e. The minimum absolute atomic E-state index is 0.228. The second kappa shape index (κ2) is 9.90. The van der Waals surface area contributed by atoms with Crippen LogP contribution in [0.25, 0.3) is 6.08 Å². The zero-order chi connectivity index (χ0) is 24.6. The van der Waals surface area contributed by atoms with Gasteiger partial charge in [0.2, 0.25) is 0 Å². The Bertz CT molecular complexity index is 1470. The van der Waals surface area contributed by atoms with Crippen LogP contribution in [0.3, 0.4) is 0 Å². The number of benzene rings is 2. The summed E-state index contributed by atoms with van der Waals surface area (Å²) in [6, 6.07) is 12.6. The van der Waals surface area contributed by atoms with Gasteiger partial charge >= 0.3 is 5.97 Å². The van der Waals surface area contributed by atoms with Crippen molar-refractivity contribution in [2.75, 3.05) is 6.61 Å². The summed E-state index contributed by atoms with van der Waals surface area (Å²) in [6.45, 7) is 7.99. The maximum Gasteiger partial charge on any atom is 0.338 e. The van der Waals surface area contributed by atoms with Gasteiger partial charge < -0.3 is 4.74 Å². The summed E-state index contributed by atoms with van der Waals surface area (Å²) < 4.78 is 7.36. The van der Waals surface area contributed by atoms with Crippen LogP contribution in [0.15, 0.2) is 63.5 Å². The molecule has 0 saturated carbocycles. The number of allylic oxidation sites excluding steroid dienone is 1. The molecule has 1 atom stereocenters. The van der Waals surface area contributed by atoms with E-state index in [2.05, 4.69) is 18.8 Å². The fraction of sp³-hybridized carbons (Fsp3) is 0.269. The number of fused-ring (bicyclic) bond motifs is 1. The van der Waals surface area contributed by atoms with Crippen LogP contribution in [0.5, 0.6) is 0 Å². The highest BCUT2D eigenvalue weighted by atomic mass is 35.5. The standard InChI is InChI=1S/C26H24Cl2N2O3S/c1-5-33-25(32)21-15(4)29-26-30(23(21)17-11-9-16(10-12-17)14(2)3)24(31)20(34-26)13-18-7-6-8-19(27)22(18)28/h6-14,23H,5H2,1-4H3/b20-13-/t23-/m0/s1. The molecule has 4 rings (SSSR count). The molecule has 2 heterocycles. The first-order chi connectivity index (χ1) is 16.2. The number of thiazole rings is 1. The molecule has 8 heteroatoms. The van der Waals surface area contributed by atoms with Crippen LogP contribution < -0.4 is 14.9 Å². The summed E-state index contributed by atoms with van der Waals surface area (Å²) >= 11 is 13.8. The normalized spacial score (nSPS) is 16.0. The minimum atomic E-state index is -0.645. The number of esters is 1. The molecule has 1 aromatic heterocycles. The van der Waals surface area contributed by atoms with E-state index in [0.29, 0.717) is 42.1 Å². The molecule has 0 radical (unpaired) electrons. The molecule has 0 unspecified atom stereocenters. The Kier molecular flexibility index (Phi) is 7.12. The Hall–Kier alpha value is -2.67. The fourth-order valence-electron chi connectivity index (χ4n) is 3.94. The number of nitrogens with zero attached hydrogens (tertiary/aromatic N) is 2. The molecule has 0 amide bonds. The summed E-state index contributed by atoms with van der Waals surface area (Å²) in [5, 5.41) is 0.783. The van der Waals surface area contributed by atoms with Gasteiger partial charge in [-0.05, 0) is 48.6 Å². The third kappa shape index (κ3) is 4.50. The molecule has 0 N–H and O–H groups in total. The fourth-order valence-corrected chi connectivity index (χ4v) is 5.34. The van der Waals surface area contributed by atoms with Crippen LogP contribution in [0, 0.1) is 0 Å². The van der Waals surface area contributed by atoms with E-state index in [1.807, 2.05) is 24.3 Å². The number of ether oxygens (including phenoxy) is 1. The Balaban J connectivity index is 1.95. The third-order valence-electron chi connectivity index (χ3n) is 5.70. The Labute approximate surface area is 211 Å². The zero-order valence-corrected chi connectivity index (χ0v) is 21.6. The summed E-state index contributed by atoms with van der Waals surface area (Å²) in [6.07, 6.45) is 1.71. The summed E-state index contributed by atoms with van der Waals surface area (Å²) in [5.74, 6) is -0.117. The highest BCUT2D eigenvalue weighted by molar-refractivity contribution is 7.07. The molecular formula is C26H24Cl2N2O3S. The lowest BCUT2D eigenvalue weighted by Crippen LogP contribution is -2.39. The van der Waals surface area contributed by atoms with Gasteiger partial charge in [-0.15, -0.1) is 0 Å². The highest BCUT2D eigenvalue weighted by Crippen LogP contribution is 2.32. The average Bonchev–Trinajstić information content (AvgIpc) is 3.10. The van der Waals surface area contributed by atoms with Gasteiger partial charge in [-0.3, -0.25) is 9.36 Å². The molecular weight excluding hydrogens is 491 g/mol. The van der Waals surface area contributed by atoms with Crippen molar-refractivity contribution in [3.05, 3.63) is 100 Å². The first-order valence-electron chi connectivity index (χ1n) is 11.0. The first-order valence-corrected chi connectivity index (χ1v) is 12.5. The molecule has 0 aliphatic carbocycles. The van der Waals surface area contributed by atoms with Crippen LogP contribution in [0.2, 0.25) is 10.0 Å². The van der Waals surface area contributed by atoms with Gasteiger partial charge in [0, 0.05) is 0 Å². The number of aromatic nitrogens is 1. The van der Waals surface area contributed by atoms with Crippen molar-refractivity contribution in [1.29, 1.82) is 0 Å². The minimum Gasteiger partial charge on any atom is -0.463 e. The lowest BCUT2D eigenvalue weighted by molar-refractivity contribution is -0.139. The molecule has 2 aromatic carbocycles. The average molecular weight is 515 g/mol. The molecule has 1 aliphatic heterocycles. The maximum absolute atomic E-state index is 13.6. The number of hydrogen-bond donors (Lipinski definition) is 0. The van der Waals surface area contributed by atoms with E-state index < -0.39 is 12.0 Å². The van der Waals surface area contributed by atoms with Crippen LogP contribution in [0.1, 0.15) is 56.3 Å². The Morgan fingerprint density at radius 2 is 1.91 bits per heavy atom. The van der Waals surface area contributed by atoms with Gasteiger partial charge in [0.1, 0.15) is 0 Å². The SMILES string of the molecule is CCOC(=O)C1=C(C)N=c2s/c(=C\c3cccc(Cl)c3Cl)c(=O)n2[C@H]1c1ccc(C(C)C)cc1. The lowest BCUT2D eigenvalue weighted by atomic mass is 9.93. The van der Waals surface area contributed by atoms with E-state index in [4.69, 9.17) is 27.9 Å². The highest BCUT2D eigenvalue weighted by Gasteiger charge is 2.33. The third-order valence-corrected chi connectivity index (χ3v) is 7.52. The van der Waals surface area contributed by atoms with Crippen molar-refractivity contribution < 1.29 is 9.53 Å². The number of rotatable bonds is 5. The monoisotopic (exact) mass is 514 g/mol. The van der Waals surface area contributed by atoms with Gasteiger partial charge in [-0.1, -0.05) is 84.8 Å². The van der Waals surface area contributed by atoms with Crippen molar-refractivity contribution in [2.45, 2.75) is 39.7 Å². The van der Waals surface area contributed by atoms with E-state index >= 15 is 0 Å². The summed E-state index contributed by atoms with van der Waals surface area (Å²) in [7, 11) is 0. The van der Waals surface area contributed by atoms with E-state index in [1.54, 1.807) is 42.7 Å². The number of carbonyl (C=O) groups is 1.